The molecule has 0 spiro atoms. The highest BCUT2D eigenvalue weighted by atomic mass is 35.5. The number of allylic oxidation sites excluding steroid dienone is 2. The molecule has 3 aliphatic rings. The van der Waals surface area contributed by atoms with E-state index in [4.69, 9.17) is 26.8 Å². The zero-order valence-electron chi connectivity index (χ0n) is 22.7. The van der Waals surface area contributed by atoms with Crippen molar-refractivity contribution in [2.75, 3.05) is 13.7 Å². The third-order valence-electron chi connectivity index (χ3n) is 8.32. The summed E-state index contributed by atoms with van der Waals surface area (Å²) in [5.74, 6) is -10.3. The van der Waals surface area contributed by atoms with Gasteiger partial charge in [0.2, 0.25) is 5.91 Å². The average molecular weight is 611 g/mol. The number of carbonyl (C=O) groups excluding carboxylic acids is 1. The minimum atomic E-state index is -3.85. The Kier molecular flexibility index (Phi) is 8.58. The maximum Gasteiger partial charge on any atom is 0.387 e. The van der Waals surface area contributed by atoms with Gasteiger partial charge in [-0.05, 0) is 42.9 Å². The monoisotopic (exact) mass is 610 g/mol. The second-order valence-corrected chi connectivity index (χ2v) is 11.2. The number of fused-ring (bicyclic) bond motifs is 1. The van der Waals surface area contributed by atoms with Crippen molar-refractivity contribution >= 4 is 17.5 Å². The van der Waals surface area contributed by atoms with Crippen LogP contribution in [0.25, 0.3) is 0 Å². The molecule has 1 aliphatic heterocycles. The van der Waals surface area contributed by atoms with E-state index in [0.717, 1.165) is 31.2 Å². The zero-order valence-corrected chi connectivity index (χ0v) is 23.5. The topological polar surface area (TPSA) is 103 Å². The van der Waals surface area contributed by atoms with Gasteiger partial charge in [-0.1, -0.05) is 54.1 Å². The first-order valence-electron chi connectivity index (χ1n) is 13.6. The smallest absolute Gasteiger partial charge is 0.387 e. The number of hydrogen-bond donors (Lipinski definition) is 3. The van der Waals surface area contributed by atoms with Crippen LogP contribution < -0.4 is 15.8 Å². The number of hydrogen-bond acceptors (Lipinski definition) is 6. The summed E-state index contributed by atoms with van der Waals surface area (Å²) in [6.07, 6.45) is 3.92. The van der Waals surface area contributed by atoms with Crippen LogP contribution in [0.3, 0.4) is 0 Å². The lowest BCUT2D eigenvalue weighted by molar-refractivity contribution is -0.172. The Balaban J connectivity index is 1.55. The fraction of sp³-hybridized carbons (Fsp3) is 0.433. The summed E-state index contributed by atoms with van der Waals surface area (Å²) in [6.45, 7) is -3.30. The Morgan fingerprint density at radius 2 is 1.86 bits per heavy atom. The molecule has 1 heterocycles. The van der Waals surface area contributed by atoms with Crippen LogP contribution in [0, 0.1) is 0 Å². The number of aliphatic hydroxyl groups is 1. The Hall–Kier alpha value is -3.12. The molecule has 1 unspecified atom stereocenters. The maximum atomic E-state index is 16.2. The van der Waals surface area contributed by atoms with Gasteiger partial charge in [0, 0.05) is 31.7 Å². The SMILES string of the molecule is CO[C@H]1CC[C@@H](NCC2(c3ccccc3)Cc3c(cccc3[C@H]3C(C(N)=O)=C(F)C(Cl)=C(OC(F)F)[C@@]3(O)F)O2)CC1. The van der Waals surface area contributed by atoms with E-state index >= 15 is 8.78 Å². The first-order chi connectivity index (χ1) is 20.0. The molecule has 2 aliphatic carbocycles. The second kappa shape index (κ2) is 11.9. The second-order valence-electron chi connectivity index (χ2n) is 10.8. The van der Waals surface area contributed by atoms with Crippen molar-refractivity contribution < 1.29 is 41.7 Å². The highest BCUT2D eigenvalue weighted by Crippen LogP contribution is 2.54. The van der Waals surface area contributed by atoms with Gasteiger partial charge in [-0.2, -0.15) is 8.78 Å². The molecule has 0 aromatic heterocycles. The summed E-state index contributed by atoms with van der Waals surface area (Å²) in [4.78, 5) is 12.4. The van der Waals surface area contributed by atoms with Gasteiger partial charge in [0.25, 0.3) is 5.85 Å². The average Bonchev–Trinajstić information content (AvgIpc) is 3.37. The van der Waals surface area contributed by atoms with Crippen molar-refractivity contribution in [3.8, 4) is 5.75 Å². The molecule has 2 aromatic carbocycles. The van der Waals surface area contributed by atoms with E-state index in [0.29, 0.717) is 17.9 Å². The number of alkyl halides is 3. The van der Waals surface area contributed by atoms with E-state index in [-0.39, 0.29) is 24.1 Å². The van der Waals surface area contributed by atoms with E-state index in [1.54, 1.807) is 13.2 Å². The molecule has 0 bridgehead atoms. The molecular formula is C30H31ClF4N2O5. The summed E-state index contributed by atoms with van der Waals surface area (Å²) >= 11 is 5.77. The molecule has 0 radical (unpaired) electrons. The first-order valence-corrected chi connectivity index (χ1v) is 13.9. The molecule has 7 nitrogen and oxygen atoms in total. The molecule has 2 aromatic rings. The van der Waals surface area contributed by atoms with E-state index in [1.807, 2.05) is 30.3 Å². The lowest BCUT2D eigenvalue weighted by atomic mass is 9.76. The van der Waals surface area contributed by atoms with Gasteiger partial charge in [-0.25, -0.2) is 8.78 Å². The van der Waals surface area contributed by atoms with Gasteiger partial charge in [0.15, 0.2) is 17.2 Å². The molecule has 1 saturated carbocycles. The van der Waals surface area contributed by atoms with Gasteiger partial charge in [0.05, 0.1) is 17.6 Å². The van der Waals surface area contributed by atoms with Crippen molar-refractivity contribution in [2.45, 2.75) is 68.2 Å². The van der Waals surface area contributed by atoms with Crippen LogP contribution in [-0.4, -0.2) is 49.3 Å². The number of carbonyl (C=O) groups is 1. The minimum absolute atomic E-state index is 0.0839. The Bertz CT molecular complexity index is 1400. The molecule has 3 atom stereocenters. The Morgan fingerprint density at radius 1 is 1.17 bits per heavy atom. The molecule has 42 heavy (non-hydrogen) atoms. The largest absolute Gasteiger partial charge is 0.481 e. The quantitative estimate of drug-likeness (QED) is 0.337. The molecular weight excluding hydrogens is 580 g/mol. The van der Waals surface area contributed by atoms with Crippen molar-refractivity contribution in [3.05, 3.63) is 87.4 Å². The van der Waals surface area contributed by atoms with E-state index in [2.05, 4.69) is 10.1 Å². The summed E-state index contributed by atoms with van der Waals surface area (Å²) in [7, 11) is 1.70. The zero-order chi connectivity index (χ0) is 30.2. The molecule has 226 valence electrons. The number of nitrogens with one attached hydrogen (secondary N) is 1. The standard InChI is InChI=1S/C30H31ClF4N2O5/c1-40-18-12-10-17(11-13-18)37-15-29(16-6-3-2-4-7-16)14-20-19(8-5-9-21(20)42-29)23-22(27(36)38)25(32)24(31)26(30(23,35)39)41-28(33)34/h2-9,17-18,23,28,37,39H,10-15H2,1H3,(H2,36,38)/t17-,18+,23-,29?,30+/m0/s1. The van der Waals surface area contributed by atoms with Crippen LogP contribution in [0.5, 0.6) is 5.75 Å². The molecule has 4 N–H and O–H groups in total. The molecule has 1 fully saturated rings. The third kappa shape index (κ3) is 5.50. The number of ether oxygens (including phenoxy) is 3. The van der Waals surface area contributed by atoms with Crippen LogP contribution in [0.2, 0.25) is 0 Å². The first kappa shape index (κ1) is 30.3. The fourth-order valence-corrected chi connectivity index (χ4v) is 6.52. The van der Waals surface area contributed by atoms with Crippen LogP contribution in [0.1, 0.15) is 48.3 Å². The van der Waals surface area contributed by atoms with E-state index < -0.39 is 52.1 Å². The highest BCUT2D eigenvalue weighted by Gasteiger charge is 2.56. The number of methoxy groups -OCH3 is 1. The number of halogens is 5. The number of benzene rings is 2. The molecule has 12 heteroatoms. The summed E-state index contributed by atoms with van der Waals surface area (Å²) in [5.41, 5.74) is 4.46. The Morgan fingerprint density at radius 3 is 2.48 bits per heavy atom. The van der Waals surface area contributed by atoms with Gasteiger partial charge < -0.3 is 30.4 Å². The highest BCUT2D eigenvalue weighted by molar-refractivity contribution is 6.32. The summed E-state index contributed by atoms with van der Waals surface area (Å²) in [5, 5.41) is 13.2. The third-order valence-corrected chi connectivity index (χ3v) is 8.66. The van der Waals surface area contributed by atoms with Gasteiger partial charge in [-0.3, -0.25) is 4.79 Å². The number of amides is 1. The predicted octanol–water partition coefficient (Wildman–Crippen LogP) is 5.22. The number of primary amides is 1. The van der Waals surface area contributed by atoms with Crippen LogP contribution >= 0.6 is 11.6 Å². The molecule has 0 saturated heterocycles. The van der Waals surface area contributed by atoms with Crippen LogP contribution in [0.4, 0.5) is 17.6 Å². The van der Waals surface area contributed by atoms with Gasteiger partial charge in [-0.15, -0.1) is 0 Å². The molecule has 1 amide bonds. The molecule has 5 rings (SSSR count). The van der Waals surface area contributed by atoms with Gasteiger partial charge >= 0.3 is 6.61 Å². The summed E-state index contributed by atoms with van der Waals surface area (Å²) < 4.78 is 74.1. The van der Waals surface area contributed by atoms with Crippen molar-refractivity contribution in [3.63, 3.8) is 0 Å². The van der Waals surface area contributed by atoms with Crippen molar-refractivity contribution in [2.24, 2.45) is 5.73 Å². The number of rotatable bonds is 9. The maximum absolute atomic E-state index is 16.2. The predicted molar refractivity (Wildman–Crippen MR) is 146 cm³/mol. The minimum Gasteiger partial charge on any atom is -0.481 e. The van der Waals surface area contributed by atoms with Crippen molar-refractivity contribution in [1.29, 1.82) is 0 Å². The van der Waals surface area contributed by atoms with Crippen LogP contribution in [-0.2, 0) is 26.3 Å². The fourth-order valence-electron chi connectivity index (χ4n) is 6.24. The Labute approximate surface area is 245 Å². The summed E-state index contributed by atoms with van der Waals surface area (Å²) in [6, 6.07) is 13.9. The van der Waals surface area contributed by atoms with Gasteiger partial charge in [0.1, 0.15) is 10.8 Å². The van der Waals surface area contributed by atoms with E-state index in [1.165, 1.54) is 12.1 Å². The van der Waals surface area contributed by atoms with Crippen molar-refractivity contribution in [1.82, 2.24) is 5.32 Å². The van der Waals surface area contributed by atoms with E-state index in [9.17, 15) is 18.7 Å². The lowest BCUT2D eigenvalue weighted by Crippen LogP contribution is -2.47. The van der Waals surface area contributed by atoms with Crippen LogP contribution in [0.15, 0.2) is 70.7 Å². The lowest BCUT2D eigenvalue weighted by Gasteiger charge is -2.36. The number of nitrogens with two attached hydrogens (primary N) is 1. The normalized spacial score (nSPS) is 29.5.